The van der Waals surface area contributed by atoms with Crippen LogP contribution < -0.4 is 5.32 Å². The number of fused-ring (bicyclic) bond motifs is 1. The van der Waals surface area contributed by atoms with Crippen molar-refractivity contribution in [2.45, 2.75) is 6.42 Å². The van der Waals surface area contributed by atoms with Crippen LogP contribution >= 0.6 is 0 Å². The number of halogens is 1. The van der Waals surface area contributed by atoms with E-state index < -0.39 is 5.82 Å². The molecule has 0 spiro atoms. The molecule has 2 N–H and O–H groups in total. The fourth-order valence-electron chi connectivity index (χ4n) is 1.77. The van der Waals surface area contributed by atoms with E-state index in [1.54, 1.807) is 12.1 Å². The fraction of sp³-hybridized carbons (Fsp3) is 0.357. The quantitative estimate of drug-likeness (QED) is 0.758. The van der Waals surface area contributed by atoms with Gasteiger partial charge in [0.05, 0.1) is 13.2 Å². The number of hydrogen-bond donors (Lipinski definition) is 2. The second-order valence-electron chi connectivity index (χ2n) is 4.21. The summed E-state index contributed by atoms with van der Waals surface area (Å²) in [7, 11) is 0. The summed E-state index contributed by atoms with van der Waals surface area (Å²) in [5.74, 6) is -0.789. The van der Waals surface area contributed by atoms with Crippen molar-refractivity contribution in [1.29, 1.82) is 0 Å². The number of benzene rings is 1. The lowest BCUT2D eigenvalue weighted by molar-refractivity contribution is 0.0856. The van der Waals surface area contributed by atoms with E-state index in [1.165, 1.54) is 12.1 Å². The van der Waals surface area contributed by atoms with Gasteiger partial charge < -0.3 is 19.6 Å². The molecule has 6 heteroatoms. The normalized spacial score (nSPS) is 10.9. The molecule has 1 heterocycles. The molecule has 1 aromatic carbocycles. The Morgan fingerprint density at radius 3 is 3.00 bits per heavy atom. The van der Waals surface area contributed by atoms with Crippen molar-refractivity contribution in [2.24, 2.45) is 0 Å². The van der Waals surface area contributed by atoms with E-state index in [1.807, 2.05) is 0 Å². The van der Waals surface area contributed by atoms with Crippen LogP contribution in [0.3, 0.4) is 0 Å². The number of carbonyl (C=O) groups excluding carboxylic acids is 1. The van der Waals surface area contributed by atoms with E-state index in [9.17, 15) is 9.18 Å². The van der Waals surface area contributed by atoms with E-state index in [-0.39, 0.29) is 30.5 Å². The molecule has 0 aliphatic carbocycles. The average molecular weight is 281 g/mol. The number of carbonyl (C=O) groups is 1. The zero-order chi connectivity index (χ0) is 14.4. The minimum atomic E-state index is -0.487. The molecule has 0 saturated heterocycles. The van der Waals surface area contributed by atoms with E-state index in [2.05, 4.69) is 5.32 Å². The summed E-state index contributed by atoms with van der Waals surface area (Å²) in [6, 6.07) is 6.04. The molecule has 0 atom stereocenters. The van der Waals surface area contributed by atoms with E-state index in [0.29, 0.717) is 25.0 Å². The summed E-state index contributed by atoms with van der Waals surface area (Å²) in [6.45, 7) is 1.15. The fourth-order valence-corrected chi connectivity index (χ4v) is 1.77. The van der Waals surface area contributed by atoms with Gasteiger partial charge in [-0.05, 0) is 18.6 Å². The maximum absolute atomic E-state index is 13.4. The molecule has 20 heavy (non-hydrogen) atoms. The van der Waals surface area contributed by atoms with Gasteiger partial charge in [0.25, 0.3) is 5.91 Å². The molecule has 0 aliphatic heterocycles. The van der Waals surface area contributed by atoms with Gasteiger partial charge in [0.15, 0.2) is 17.2 Å². The van der Waals surface area contributed by atoms with Gasteiger partial charge in [-0.15, -0.1) is 0 Å². The van der Waals surface area contributed by atoms with E-state index >= 15 is 0 Å². The van der Waals surface area contributed by atoms with Gasteiger partial charge in [0.2, 0.25) is 0 Å². The molecule has 0 fully saturated rings. The molecule has 0 unspecified atom stereocenters. The number of hydrogen-bond acceptors (Lipinski definition) is 4. The van der Waals surface area contributed by atoms with Gasteiger partial charge >= 0.3 is 0 Å². The highest BCUT2D eigenvalue weighted by Gasteiger charge is 2.13. The van der Waals surface area contributed by atoms with Crippen molar-refractivity contribution >= 4 is 16.9 Å². The predicted molar refractivity (Wildman–Crippen MR) is 71.0 cm³/mol. The number of nitrogens with one attached hydrogen (secondary N) is 1. The number of furan rings is 1. The lowest BCUT2D eigenvalue weighted by atomic mass is 10.2. The molecule has 0 radical (unpaired) electrons. The monoisotopic (exact) mass is 281 g/mol. The third-order valence-electron chi connectivity index (χ3n) is 2.71. The van der Waals surface area contributed by atoms with Crippen LogP contribution in [0.25, 0.3) is 11.0 Å². The Bertz CT molecular complexity index is 582. The molecule has 0 aliphatic rings. The van der Waals surface area contributed by atoms with Crippen LogP contribution in [0.15, 0.2) is 28.7 Å². The summed E-state index contributed by atoms with van der Waals surface area (Å²) in [4.78, 5) is 11.8. The van der Waals surface area contributed by atoms with Crippen LogP contribution in [0, 0.1) is 5.82 Å². The van der Waals surface area contributed by atoms with Crippen LogP contribution in [0.4, 0.5) is 4.39 Å². The van der Waals surface area contributed by atoms with Crippen molar-refractivity contribution in [2.75, 3.05) is 26.4 Å². The van der Waals surface area contributed by atoms with E-state index in [0.717, 1.165) is 0 Å². The van der Waals surface area contributed by atoms with Gasteiger partial charge in [0.1, 0.15) is 0 Å². The number of para-hydroxylation sites is 1. The van der Waals surface area contributed by atoms with Gasteiger partial charge in [-0.3, -0.25) is 4.79 Å². The first kappa shape index (κ1) is 14.5. The van der Waals surface area contributed by atoms with Crippen LogP contribution in [-0.4, -0.2) is 37.4 Å². The maximum Gasteiger partial charge on any atom is 0.287 e. The van der Waals surface area contributed by atoms with Gasteiger partial charge in [-0.1, -0.05) is 12.1 Å². The average Bonchev–Trinajstić information content (AvgIpc) is 2.88. The third-order valence-corrected chi connectivity index (χ3v) is 2.71. The minimum Gasteiger partial charge on any atom is -0.448 e. The first-order chi connectivity index (χ1) is 9.72. The molecule has 2 rings (SSSR count). The van der Waals surface area contributed by atoms with Crippen LogP contribution in [0.1, 0.15) is 17.0 Å². The Hall–Kier alpha value is -1.92. The molecule has 108 valence electrons. The van der Waals surface area contributed by atoms with Gasteiger partial charge in [0, 0.05) is 18.5 Å². The summed E-state index contributed by atoms with van der Waals surface area (Å²) in [6.07, 6.45) is 0.625. The molecule has 5 nitrogen and oxygen atoms in total. The Balaban J connectivity index is 1.86. The molecule has 1 amide bonds. The largest absolute Gasteiger partial charge is 0.448 e. The van der Waals surface area contributed by atoms with Crippen LogP contribution in [-0.2, 0) is 4.74 Å². The first-order valence-corrected chi connectivity index (χ1v) is 6.37. The lowest BCUT2D eigenvalue weighted by Gasteiger charge is -2.03. The highest BCUT2D eigenvalue weighted by molar-refractivity contribution is 5.96. The molecule has 0 saturated carbocycles. The van der Waals surface area contributed by atoms with Crippen molar-refractivity contribution in [1.82, 2.24) is 5.32 Å². The highest BCUT2D eigenvalue weighted by atomic mass is 19.1. The Morgan fingerprint density at radius 1 is 1.40 bits per heavy atom. The smallest absolute Gasteiger partial charge is 0.287 e. The molecule has 2 aromatic rings. The summed E-state index contributed by atoms with van der Waals surface area (Å²) < 4.78 is 23.7. The van der Waals surface area contributed by atoms with Crippen LogP contribution in [0.5, 0.6) is 0 Å². The highest BCUT2D eigenvalue weighted by Crippen LogP contribution is 2.21. The molecule has 1 aromatic heterocycles. The molecule has 0 bridgehead atoms. The summed E-state index contributed by atoms with van der Waals surface area (Å²) >= 11 is 0. The number of ether oxygens (including phenoxy) is 1. The standard InChI is InChI=1S/C14H16FNO4/c15-11-4-1-3-10-9-12(20-13(10)11)14(18)16-5-2-7-19-8-6-17/h1,3-4,9,17H,2,5-8H2,(H,16,18). The minimum absolute atomic E-state index is 0.0170. The predicted octanol–water partition coefficient (Wildman–Crippen LogP) is 1.70. The van der Waals surface area contributed by atoms with Crippen LogP contribution in [0.2, 0.25) is 0 Å². The first-order valence-electron chi connectivity index (χ1n) is 6.37. The number of rotatable bonds is 7. The topological polar surface area (TPSA) is 71.7 Å². The van der Waals surface area contributed by atoms with Crippen molar-refractivity contribution < 1.29 is 23.4 Å². The molecular weight excluding hydrogens is 265 g/mol. The van der Waals surface area contributed by atoms with Crippen molar-refractivity contribution in [3.05, 3.63) is 35.8 Å². The number of amides is 1. The maximum atomic E-state index is 13.4. The Labute approximate surface area is 115 Å². The van der Waals surface area contributed by atoms with Crippen molar-refractivity contribution in [3.63, 3.8) is 0 Å². The zero-order valence-electron chi connectivity index (χ0n) is 10.9. The lowest BCUT2D eigenvalue weighted by Crippen LogP contribution is -2.24. The van der Waals surface area contributed by atoms with Crippen molar-refractivity contribution in [3.8, 4) is 0 Å². The van der Waals surface area contributed by atoms with Gasteiger partial charge in [-0.25, -0.2) is 4.39 Å². The number of aliphatic hydroxyl groups is 1. The third kappa shape index (κ3) is 3.55. The van der Waals surface area contributed by atoms with E-state index in [4.69, 9.17) is 14.3 Å². The zero-order valence-corrected chi connectivity index (χ0v) is 10.9. The summed E-state index contributed by atoms with van der Waals surface area (Å²) in [5.41, 5.74) is 0.0870. The second-order valence-corrected chi connectivity index (χ2v) is 4.21. The molecular formula is C14H16FNO4. The summed E-state index contributed by atoms with van der Waals surface area (Å²) in [5, 5.41) is 11.7. The number of aliphatic hydroxyl groups excluding tert-OH is 1. The Kier molecular flexibility index (Phi) is 5.09. The van der Waals surface area contributed by atoms with Gasteiger partial charge in [-0.2, -0.15) is 0 Å². The Morgan fingerprint density at radius 2 is 2.25 bits per heavy atom. The SMILES string of the molecule is O=C(NCCCOCCO)c1cc2cccc(F)c2o1. The second kappa shape index (κ2) is 7.02.